The van der Waals surface area contributed by atoms with Gasteiger partial charge in [-0.2, -0.15) is 0 Å². The molecule has 5 nitrogen and oxygen atoms in total. The van der Waals surface area contributed by atoms with Crippen molar-refractivity contribution in [1.29, 1.82) is 0 Å². The van der Waals surface area contributed by atoms with Crippen molar-refractivity contribution in [3.8, 4) is 5.75 Å². The van der Waals surface area contributed by atoms with E-state index in [0.29, 0.717) is 6.61 Å². The zero-order valence-electron chi connectivity index (χ0n) is 15.4. The molecule has 2 aromatic rings. The molecular weight excluding hydrogens is 435 g/mol. The van der Waals surface area contributed by atoms with Crippen LogP contribution in [0.5, 0.6) is 5.75 Å². The first-order valence-electron chi connectivity index (χ1n) is 8.74. The van der Waals surface area contributed by atoms with Crippen LogP contribution in [0.4, 0.5) is 4.39 Å². The van der Waals surface area contributed by atoms with Gasteiger partial charge >= 0.3 is 0 Å². The lowest BCUT2D eigenvalue weighted by atomic mass is 10.2. The molecule has 27 heavy (non-hydrogen) atoms. The van der Waals surface area contributed by atoms with E-state index in [4.69, 9.17) is 4.74 Å². The summed E-state index contributed by atoms with van der Waals surface area (Å²) in [7, 11) is -3.75. The van der Waals surface area contributed by atoms with E-state index in [9.17, 15) is 12.8 Å². The Bertz CT molecular complexity index is 841. The van der Waals surface area contributed by atoms with Gasteiger partial charge in [0.05, 0.1) is 4.90 Å². The summed E-state index contributed by atoms with van der Waals surface area (Å²) in [6.45, 7) is 7.80. The smallest absolute Gasteiger partial charge is 0.241 e. The highest BCUT2D eigenvalue weighted by Crippen LogP contribution is 2.23. The van der Waals surface area contributed by atoms with Crippen LogP contribution in [0, 0.1) is 5.82 Å². The summed E-state index contributed by atoms with van der Waals surface area (Å²) in [5, 5.41) is 0. The third-order valence-corrected chi connectivity index (χ3v) is 6.52. The Balaban J connectivity index is 1.90. The molecule has 1 N–H and O–H groups in total. The Kier molecular flexibility index (Phi) is 8.22. The topological polar surface area (TPSA) is 58.6 Å². The molecule has 0 atom stereocenters. The molecule has 0 heterocycles. The highest BCUT2D eigenvalue weighted by atomic mass is 79.9. The second kappa shape index (κ2) is 10.2. The quantitative estimate of drug-likeness (QED) is 0.588. The molecule has 0 saturated heterocycles. The summed E-state index contributed by atoms with van der Waals surface area (Å²) in [5.74, 6) is 0.243. The van der Waals surface area contributed by atoms with Crippen molar-refractivity contribution >= 4 is 26.0 Å². The molecule has 0 radical (unpaired) electrons. The van der Waals surface area contributed by atoms with E-state index in [1.54, 1.807) is 0 Å². The summed E-state index contributed by atoms with van der Waals surface area (Å²) in [5.41, 5.74) is 0.799. The average Bonchev–Trinajstić information content (AvgIpc) is 2.64. The largest absolute Gasteiger partial charge is 0.492 e. The Morgan fingerprint density at radius 3 is 2.37 bits per heavy atom. The lowest BCUT2D eigenvalue weighted by molar-refractivity contribution is 0.223. The second-order valence-electron chi connectivity index (χ2n) is 5.92. The van der Waals surface area contributed by atoms with E-state index in [1.807, 2.05) is 24.3 Å². The van der Waals surface area contributed by atoms with Crippen molar-refractivity contribution in [3.05, 3.63) is 58.3 Å². The van der Waals surface area contributed by atoms with Gasteiger partial charge in [0.15, 0.2) is 0 Å². The number of rotatable bonds is 10. The van der Waals surface area contributed by atoms with Gasteiger partial charge in [-0.05, 0) is 64.9 Å². The fourth-order valence-corrected chi connectivity index (χ4v) is 4.55. The van der Waals surface area contributed by atoms with E-state index in [-0.39, 0.29) is 15.9 Å². The van der Waals surface area contributed by atoms with Gasteiger partial charge in [0.1, 0.15) is 18.2 Å². The van der Waals surface area contributed by atoms with E-state index >= 15 is 0 Å². The number of nitrogens with zero attached hydrogens (tertiary/aromatic N) is 1. The van der Waals surface area contributed by atoms with Gasteiger partial charge in [-0.25, -0.2) is 17.5 Å². The molecule has 0 aliphatic carbocycles. The van der Waals surface area contributed by atoms with Gasteiger partial charge in [0.2, 0.25) is 10.0 Å². The fourth-order valence-electron chi connectivity index (χ4n) is 2.49. The minimum Gasteiger partial charge on any atom is -0.492 e. The van der Waals surface area contributed by atoms with E-state index in [2.05, 4.69) is 39.4 Å². The Morgan fingerprint density at radius 2 is 1.78 bits per heavy atom. The minimum absolute atomic E-state index is 0.000237. The zero-order valence-corrected chi connectivity index (χ0v) is 17.8. The molecule has 0 amide bonds. The first-order valence-corrected chi connectivity index (χ1v) is 11.0. The zero-order chi connectivity index (χ0) is 19.9. The number of halogens is 2. The number of nitrogens with one attached hydrogen (secondary N) is 1. The van der Waals surface area contributed by atoms with Crippen molar-refractivity contribution < 1.29 is 17.5 Å². The number of hydrogen-bond donors (Lipinski definition) is 1. The molecular formula is C19H24BrFN2O3S. The van der Waals surface area contributed by atoms with Gasteiger partial charge in [-0.15, -0.1) is 0 Å². The van der Waals surface area contributed by atoms with Crippen molar-refractivity contribution in [2.75, 3.05) is 26.2 Å². The Labute approximate surface area is 168 Å². The standard InChI is InChI=1S/C19H24BrFN2O3S/c1-3-23(4-2)11-12-26-17-8-5-15(6-9-17)14-22-27(24,25)19-10-7-16(21)13-18(19)20/h5-10,13,22H,3-4,11-12,14H2,1-2H3. The number of ether oxygens (including phenoxy) is 1. The van der Waals surface area contributed by atoms with Crippen molar-refractivity contribution in [2.45, 2.75) is 25.3 Å². The highest BCUT2D eigenvalue weighted by molar-refractivity contribution is 9.10. The fraction of sp³-hybridized carbons (Fsp3) is 0.368. The van der Waals surface area contributed by atoms with Crippen LogP contribution in [-0.2, 0) is 16.6 Å². The first kappa shape index (κ1) is 21.8. The van der Waals surface area contributed by atoms with Crippen molar-refractivity contribution in [3.63, 3.8) is 0 Å². The summed E-state index contributed by atoms with van der Waals surface area (Å²) >= 11 is 3.08. The molecule has 0 spiro atoms. The van der Waals surface area contributed by atoms with Crippen LogP contribution in [0.3, 0.4) is 0 Å². The third kappa shape index (κ3) is 6.57. The maximum atomic E-state index is 13.1. The Morgan fingerprint density at radius 1 is 1.11 bits per heavy atom. The molecule has 0 aliphatic rings. The van der Waals surface area contributed by atoms with Gasteiger partial charge in [0.25, 0.3) is 0 Å². The summed E-state index contributed by atoms with van der Waals surface area (Å²) in [6, 6.07) is 10.7. The SMILES string of the molecule is CCN(CC)CCOc1ccc(CNS(=O)(=O)c2ccc(F)cc2Br)cc1. The summed E-state index contributed by atoms with van der Waals surface area (Å²) in [4.78, 5) is 2.27. The molecule has 148 valence electrons. The molecule has 2 aromatic carbocycles. The molecule has 0 aliphatic heterocycles. The third-order valence-electron chi connectivity index (χ3n) is 4.14. The van der Waals surface area contributed by atoms with Crippen molar-refractivity contribution in [2.24, 2.45) is 0 Å². The average molecular weight is 459 g/mol. The molecule has 0 bridgehead atoms. The normalized spacial score (nSPS) is 11.7. The molecule has 0 aromatic heterocycles. The molecule has 2 rings (SSSR count). The molecule has 0 saturated carbocycles. The lowest BCUT2D eigenvalue weighted by Gasteiger charge is -2.18. The minimum atomic E-state index is -3.75. The van der Waals surface area contributed by atoms with Crippen molar-refractivity contribution in [1.82, 2.24) is 9.62 Å². The van der Waals surface area contributed by atoms with Gasteiger partial charge in [0, 0.05) is 17.6 Å². The van der Waals surface area contributed by atoms with Crippen LogP contribution < -0.4 is 9.46 Å². The Hall–Kier alpha value is -1.48. The first-order chi connectivity index (χ1) is 12.9. The molecule has 0 fully saturated rings. The molecule has 0 unspecified atom stereocenters. The number of benzene rings is 2. The van der Waals surface area contributed by atoms with Gasteiger partial charge in [-0.1, -0.05) is 26.0 Å². The molecule has 8 heteroatoms. The number of sulfonamides is 1. The number of hydrogen-bond acceptors (Lipinski definition) is 4. The van der Waals surface area contributed by atoms with E-state index in [1.165, 1.54) is 6.07 Å². The van der Waals surface area contributed by atoms with Gasteiger partial charge < -0.3 is 9.64 Å². The lowest BCUT2D eigenvalue weighted by Crippen LogP contribution is -2.27. The highest BCUT2D eigenvalue weighted by Gasteiger charge is 2.17. The second-order valence-corrected chi connectivity index (χ2v) is 8.51. The van der Waals surface area contributed by atoms with Crippen LogP contribution in [0.15, 0.2) is 51.8 Å². The summed E-state index contributed by atoms with van der Waals surface area (Å²) < 4.78 is 46.3. The number of likely N-dealkylation sites (N-methyl/N-ethyl adjacent to an activating group) is 1. The van der Waals surface area contributed by atoms with Crippen LogP contribution >= 0.6 is 15.9 Å². The monoisotopic (exact) mass is 458 g/mol. The maximum Gasteiger partial charge on any atom is 0.241 e. The predicted octanol–water partition coefficient (Wildman–Crippen LogP) is 3.79. The van der Waals surface area contributed by atoms with E-state index in [0.717, 1.165) is 43.1 Å². The maximum absolute atomic E-state index is 13.1. The van der Waals surface area contributed by atoms with Crippen LogP contribution in [-0.4, -0.2) is 39.6 Å². The predicted molar refractivity (Wildman–Crippen MR) is 108 cm³/mol. The van der Waals surface area contributed by atoms with Crippen LogP contribution in [0.25, 0.3) is 0 Å². The van der Waals surface area contributed by atoms with Crippen LogP contribution in [0.1, 0.15) is 19.4 Å². The van der Waals surface area contributed by atoms with Crippen LogP contribution in [0.2, 0.25) is 0 Å². The van der Waals surface area contributed by atoms with E-state index < -0.39 is 15.8 Å². The summed E-state index contributed by atoms with van der Waals surface area (Å²) in [6.07, 6.45) is 0. The van der Waals surface area contributed by atoms with Gasteiger partial charge in [-0.3, -0.25) is 0 Å².